The van der Waals surface area contributed by atoms with Crippen LogP contribution in [0.2, 0.25) is 0 Å². The first-order chi connectivity index (χ1) is 20.4. The zero-order valence-electron chi connectivity index (χ0n) is 23.2. The third-order valence-corrected chi connectivity index (χ3v) is 7.69. The van der Waals surface area contributed by atoms with Gasteiger partial charge in [0.15, 0.2) is 5.69 Å². The topological polar surface area (TPSA) is 129 Å². The standard InChI is InChI=1S/C27H28F3N7O5S/c1-17-13-22(26-32-25(34-41-26)19-3-7-21(8-4-19)40-27(28,29)30)33-37(17)15-18-9-10-31-23(14-18)35-11-12-36(20-5-6-20)24(16-35)42-43(2,38)39/h3-4,7-10,13-14,20,24H,5-6,11-12,15-16H2,1-2H3. The zero-order chi connectivity index (χ0) is 30.4. The molecule has 1 unspecified atom stereocenters. The van der Waals surface area contributed by atoms with Gasteiger partial charge in [-0.1, -0.05) is 5.16 Å². The summed E-state index contributed by atoms with van der Waals surface area (Å²) in [6, 6.07) is 11.1. The van der Waals surface area contributed by atoms with Crippen LogP contribution in [0.1, 0.15) is 24.1 Å². The number of pyridine rings is 1. The molecule has 228 valence electrons. The summed E-state index contributed by atoms with van der Waals surface area (Å²) in [5, 5.41) is 8.55. The highest BCUT2D eigenvalue weighted by molar-refractivity contribution is 7.86. The van der Waals surface area contributed by atoms with Crippen molar-refractivity contribution >= 4 is 15.9 Å². The van der Waals surface area contributed by atoms with Gasteiger partial charge in [-0.3, -0.25) is 9.58 Å². The van der Waals surface area contributed by atoms with Crippen LogP contribution in [0.15, 0.2) is 53.2 Å². The molecule has 0 bridgehead atoms. The quantitative estimate of drug-likeness (QED) is 0.254. The van der Waals surface area contributed by atoms with E-state index in [1.807, 2.05) is 24.0 Å². The molecular weight excluding hydrogens is 591 g/mol. The number of rotatable bonds is 9. The van der Waals surface area contributed by atoms with Crippen LogP contribution in [-0.2, 0) is 20.8 Å². The third kappa shape index (κ3) is 7.14. The molecular formula is C27H28F3N7O5S. The van der Waals surface area contributed by atoms with Crippen LogP contribution in [0, 0.1) is 6.92 Å². The van der Waals surface area contributed by atoms with Crippen molar-refractivity contribution in [1.29, 1.82) is 0 Å². The number of nitrogens with zero attached hydrogens (tertiary/aromatic N) is 7. The summed E-state index contributed by atoms with van der Waals surface area (Å²) in [6.07, 6.45) is -0.483. The maximum atomic E-state index is 12.4. The Morgan fingerprint density at radius 1 is 1.09 bits per heavy atom. The molecule has 0 radical (unpaired) electrons. The number of alkyl halides is 3. The van der Waals surface area contributed by atoms with Crippen LogP contribution >= 0.6 is 0 Å². The minimum absolute atomic E-state index is 0.160. The van der Waals surface area contributed by atoms with Crippen LogP contribution in [0.3, 0.4) is 0 Å². The van der Waals surface area contributed by atoms with Crippen molar-refractivity contribution in [3.63, 3.8) is 0 Å². The van der Waals surface area contributed by atoms with Gasteiger partial charge in [0.05, 0.1) is 19.3 Å². The molecule has 2 fully saturated rings. The summed E-state index contributed by atoms with van der Waals surface area (Å²) >= 11 is 0. The normalized spacial score (nSPS) is 18.3. The minimum Gasteiger partial charge on any atom is -0.406 e. The molecule has 1 saturated heterocycles. The first-order valence-corrected chi connectivity index (χ1v) is 15.3. The van der Waals surface area contributed by atoms with Gasteiger partial charge in [-0.2, -0.15) is 18.5 Å². The van der Waals surface area contributed by atoms with Gasteiger partial charge < -0.3 is 14.2 Å². The number of ether oxygens (including phenoxy) is 1. The lowest BCUT2D eigenvalue weighted by Crippen LogP contribution is -2.55. The number of aryl methyl sites for hydroxylation is 1. The highest BCUT2D eigenvalue weighted by Gasteiger charge is 2.40. The first-order valence-electron chi connectivity index (χ1n) is 13.5. The lowest BCUT2D eigenvalue weighted by atomic mass is 10.2. The predicted molar refractivity (Wildman–Crippen MR) is 147 cm³/mol. The summed E-state index contributed by atoms with van der Waals surface area (Å²) in [5.41, 5.74) is 2.66. The van der Waals surface area contributed by atoms with E-state index >= 15 is 0 Å². The molecule has 0 spiro atoms. The molecule has 16 heteroatoms. The van der Waals surface area contributed by atoms with E-state index in [-0.39, 0.29) is 17.5 Å². The van der Waals surface area contributed by atoms with Gasteiger partial charge in [0.1, 0.15) is 17.8 Å². The SMILES string of the molecule is Cc1cc(-c2nc(-c3ccc(OC(F)(F)F)cc3)no2)nn1Cc1ccnc(N2CCN(C3CC3)C(OS(C)(=O)=O)C2)c1. The summed E-state index contributed by atoms with van der Waals surface area (Å²) in [6.45, 7) is 4.06. The lowest BCUT2D eigenvalue weighted by Gasteiger charge is -2.41. The van der Waals surface area contributed by atoms with Crippen molar-refractivity contribution in [3.8, 4) is 28.7 Å². The molecule has 43 heavy (non-hydrogen) atoms. The van der Waals surface area contributed by atoms with Crippen molar-refractivity contribution in [2.24, 2.45) is 0 Å². The van der Waals surface area contributed by atoms with E-state index in [4.69, 9.17) is 8.71 Å². The molecule has 1 aliphatic carbocycles. The number of anilines is 1. The maximum Gasteiger partial charge on any atom is 0.573 e. The number of hydrogen-bond donors (Lipinski definition) is 0. The fourth-order valence-electron chi connectivity index (χ4n) is 5.01. The molecule has 2 aliphatic rings. The second-order valence-electron chi connectivity index (χ2n) is 10.5. The van der Waals surface area contributed by atoms with Crippen molar-refractivity contribution in [2.75, 3.05) is 30.8 Å². The molecule has 4 heterocycles. The molecule has 1 aromatic carbocycles. The first kappa shape index (κ1) is 29.1. The Hall–Kier alpha value is -4.02. The molecule has 1 saturated carbocycles. The summed E-state index contributed by atoms with van der Waals surface area (Å²) in [5.74, 6) is 0.720. The van der Waals surface area contributed by atoms with Gasteiger partial charge in [-0.15, -0.1) is 13.2 Å². The second kappa shape index (κ2) is 11.2. The van der Waals surface area contributed by atoms with Gasteiger partial charge in [0.25, 0.3) is 16.0 Å². The largest absolute Gasteiger partial charge is 0.573 e. The van der Waals surface area contributed by atoms with Gasteiger partial charge in [-0.25, -0.2) is 9.17 Å². The van der Waals surface area contributed by atoms with Crippen molar-refractivity contribution < 1.29 is 35.0 Å². The zero-order valence-corrected chi connectivity index (χ0v) is 24.0. The van der Waals surface area contributed by atoms with Crippen LogP contribution in [0.25, 0.3) is 23.0 Å². The Balaban J connectivity index is 1.14. The van der Waals surface area contributed by atoms with Crippen molar-refractivity contribution in [1.82, 2.24) is 29.8 Å². The Labute approximate surface area is 245 Å². The van der Waals surface area contributed by atoms with Crippen molar-refractivity contribution in [2.45, 2.75) is 44.9 Å². The average Bonchev–Trinajstić information content (AvgIpc) is 3.54. The van der Waals surface area contributed by atoms with E-state index in [2.05, 4.69) is 29.9 Å². The molecule has 12 nitrogen and oxygen atoms in total. The molecule has 0 N–H and O–H groups in total. The van der Waals surface area contributed by atoms with Gasteiger partial charge in [-0.05, 0) is 67.8 Å². The molecule has 4 aromatic rings. The Morgan fingerprint density at radius 2 is 1.86 bits per heavy atom. The Bertz CT molecular complexity index is 1700. The van der Waals surface area contributed by atoms with E-state index in [1.165, 1.54) is 24.3 Å². The third-order valence-electron chi connectivity index (χ3n) is 7.12. The minimum atomic E-state index is -4.78. The number of benzene rings is 1. The Kier molecular flexibility index (Phi) is 7.60. The van der Waals surface area contributed by atoms with Crippen LogP contribution in [0.4, 0.5) is 19.0 Å². The molecule has 0 amide bonds. The molecule has 1 atom stereocenters. The summed E-state index contributed by atoms with van der Waals surface area (Å²) in [7, 11) is -3.62. The number of halogens is 3. The Morgan fingerprint density at radius 3 is 2.56 bits per heavy atom. The number of aromatic nitrogens is 5. The highest BCUT2D eigenvalue weighted by atomic mass is 32.2. The predicted octanol–water partition coefficient (Wildman–Crippen LogP) is 3.84. The van der Waals surface area contributed by atoms with Gasteiger partial charge >= 0.3 is 6.36 Å². The number of hydrogen-bond acceptors (Lipinski definition) is 11. The fourth-order valence-corrected chi connectivity index (χ4v) is 5.59. The van der Waals surface area contributed by atoms with Crippen LogP contribution < -0.4 is 9.64 Å². The molecule has 3 aromatic heterocycles. The van der Waals surface area contributed by atoms with E-state index in [0.717, 1.165) is 30.4 Å². The van der Waals surface area contributed by atoms with Crippen LogP contribution in [-0.4, -0.2) is 82.7 Å². The summed E-state index contributed by atoms with van der Waals surface area (Å²) in [4.78, 5) is 13.0. The van der Waals surface area contributed by atoms with Gasteiger partial charge in [0, 0.05) is 36.6 Å². The van der Waals surface area contributed by atoms with E-state index in [1.54, 1.807) is 16.9 Å². The smallest absolute Gasteiger partial charge is 0.406 e. The van der Waals surface area contributed by atoms with E-state index in [0.29, 0.717) is 49.3 Å². The maximum absolute atomic E-state index is 12.4. The van der Waals surface area contributed by atoms with E-state index < -0.39 is 22.7 Å². The van der Waals surface area contributed by atoms with Crippen molar-refractivity contribution in [3.05, 3.63) is 59.9 Å². The summed E-state index contributed by atoms with van der Waals surface area (Å²) < 4.78 is 77.6. The molecule has 6 rings (SSSR count). The average molecular weight is 620 g/mol. The lowest BCUT2D eigenvalue weighted by molar-refractivity contribution is -0.274. The molecule has 1 aliphatic heterocycles. The fraction of sp³-hybridized carbons (Fsp3) is 0.407. The van der Waals surface area contributed by atoms with Crippen LogP contribution in [0.5, 0.6) is 5.75 Å². The van der Waals surface area contributed by atoms with Gasteiger partial charge in [0.2, 0.25) is 5.82 Å². The monoisotopic (exact) mass is 619 g/mol. The highest BCUT2D eigenvalue weighted by Crippen LogP contribution is 2.32. The second-order valence-corrected chi connectivity index (χ2v) is 12.1. The van der Waals surface area contributed by atoms with E-state index in [9.17, 15) is 21.6 Å². The number of piperazine rings is 1.